The fourth-order valence-electron chi connectivity index (χ4n) is 4.53. The van der Waals surface area contributed by atoms with Gasteiger partial charge in [0.05, 0.1) is 0 Å². The van der Waals surface area contributed by atoms with E-state index in [1.165, 1.54) is 24.8 Å². The van der Waals surface area contributed by atoms with Crippen molar-refractivity contribution in [2.75, 3.05) is 26.9 Å². The van der Waals surface area contributed by atoms with Crippen molar-refractivity contribution in [3.63, 3.8) is 0 Å². The third-order valence-corrected chi connectivity index (χ3v) is 6.27. The molecule has 2 heterocycles. The molecule has 2 aliphatic rings. The van der Waals surface area contributed by atoms with Gasteiger partial charge in [0.1, 0.15) is 12.2 Å². The van der Waals surface area contributed by atoms with E-state index >= 15 is 0 Å². The highest BCUT2D eigenvalue weighted by atomic mass is 127. The minimum absolute atomic E-state index is 0. The van der Waals surface area contributed by atoms with Crippen LogP contribution in [0, 0.1) is 0 Å². The summed E-state index contributed by atoms with van der Waals surface area (Å²) < 4.78 is 13.2. The summed E-state index contributed by atoms with van der Waals surface area (Å²) in [5.41, 5.74) is 1.41. The fraction of sp³-hybridized carbons (Fsp3) is 0.591. The maximum atomic E-state index is 5.64. The first-order valence-corrected chi connectivity index (χ1v) is 11.0. The van der Waals surface area contributed by atoms with Crippen molar-refractivity contribution in [1.82, 2.24) is 25.4 Å². The predicted octanol–water partition coefficient (Wildman–Crippen LogP) is 3.25. The molecule has 1 aromatic heterocycles. The van der Waals surface area contributed by atoms with Crippen molar-refractivity contribution in [2.24, 2.45) is 4.99 Å². The highest BCUT2D eigenvalue weighted by Crippen LogP contribution is 2.43. The van der Waals surface area contributed by atoms with Gasteiger partial charge in [0.25, 0.3) is 0 Å². The van der Waals surface area contributed by atoms with Gasteiger partial charge in [-0.2, -0.15) is 0 Å². The zero-order chi connectivity index (χ0) is 20.8. The van der Waals surface area contributed by atoms with E-state index in [2.05, 4.69) is 49.4 Å². The SMILES string of the molecule is CCc1nncn1CCNC(=NC)NCC1(c2ccc3c(c2)OCO3)CCCCC1.I. The molecule has 0 amide bonds. The zero-order valence-corrected chi connectivity index (χ0v) is 20.7. The molecule has 0 spiro atoms. The standard InChI is InChI=1S/C22H32N6O2.HI/c1-3-20-27-26-15-28(20)12-11-24-21(23-2)25-14-22(9-5-4-6-10-22)17-7-8-18-19(13-17)30-16-29-18;/h7-8,13,15H,3-6,9-12,14,16H2,1-2H3,(H2,23,24,25);1H. The lowest BCUT2D eigenvalue weighted by Crippen LogP contribution is -2.47. The van der Waals surface area contributed by atoms with Crippen LogP contribution in [0.5, 0.6) is 11.5 Å². The van der Waals surface area contributed by atoms with Crippen LogP contribution in [-0.2, 0) is 18.4 Å². The molecular weight excluding hydrogens is 507 g/mol. The third kappa shape index (κ3) is 5.42. The molecular formula is C22H33IN6O2. The van der Waals surface area contributed by atoms with Crippen molar-refractivity contribution >= 4 is 29.9 Å². The Hall–Kier alpha value is -2.04. The fourth-order valence-corrected chi connectivity index (χ4v) is 4.53. The lowest BCUT2D eigenvalue weighted by molar-refractivity contribution is 0.174. The Kier molecular flexibility index (Phi) is 8.39. The number of nitrogens with zero attached hydrogens (tertiary/aromatic N) is 4. The van der Waals surface area contributed by atoms with Crippen LogP contribution in [0.1, 0.15) is 50.4 Å². The van der Waals surface area contributed by atoms with Gasteiger partial charge in [-0.1, -0.05) is 32.3 Å². The van der Waals surface area contributed by atoms with Crippen LogP contribution in [0.25, 0.3) is 0 Å². The number of guanidine groups is 1. The first kappa shape index (κ1) is 23.6. The molecule has 0 unspecified atom stereocenters. The second-order valence-corrected chi connectivity index (χ2v) is 8.06. The molecule has 0 saturated heterocycles. The van der Waals surface area contributed by atoms with Gasteiger partial charge in [-0.25, -0.2) is 0 Å². The lowest BCUT2D eigenvalue weighted by Gasteiger charge is -2.38. The van der Waals surface area contributed by atoms with E-state index in [0.29, 0.717) is 6.79 Å². The van der Waals surface area contributed by atoms with E-state index in [1.807, 2.05) is 13.1 Å². The summed E-state index contributed by atoms with van der Waals surface area (Å²) in [6.07, 6.45) is 8.79. The van der Waals surface area contributed by atoms with Crippen LogP contribution in [0.2, 0.25) is 0 Å². The van der Waals surface area contributed by atoms with E-state index in [4.69, 9.17) is 9.47 Å². The smallest absolute Gasteiger partial charge is 0.231 e. The number of benzene rings is 1. The Labute approximate surface area is 201 Å². The van der Waals surface area contributed by atoms with Crippen molar-refractivity contribution < 1.29 is 9.47 Å². The number of aromatic nitrogens is 3. The van der Waals surface area contributed by atoms with Gasteiger partial charge in [-0.15, -0.1) is 34.2 Å². The Balaban J connectivity index is 0.00000272. The summed E-state index contributed by atoms with van der Waals surface area (Å²) in [5.74, 6) is 3.53. The molecule has 8 nitrogen and oxygen atoms in total. The third-order valence-electron chi connectivity index (χ3n) is 6.27. The van der Waals surface area contributed by atoms with Gasteiger partial charge < -0.3 is 24.7 Å². The molecule has 1 aliphatic heterocycles. The molecule has 1 aliphatic carbocycles. The van der Waals surface area contributed by atoms with Gasteiger partial charge in [0.15, 0.2) is 17.5 Å². The number of hydrogen-bond acceptors (Lipinski definition) is 5. The van der Waals surface area contributed by atoms with Crippen LogP contribution in [0.3, 0.4) is 0 Å². The number of rotatable bonds is 7. The number of ether oxygens (including phenoxy) is 2. The van der Waals surface area contributed by atoms with Crippen LogP contribution in [0.4, 0.5) is 0 Å². The second-order valence-electron chi connectivity index (χ2n) is 8.06. The summed E-state index contributed by atoms with van der Waals surface area (Å²) in [6.45, 7) is 4.83. The quantitative estimate of drug-likeness (QED) is 0.319. The van der Waals surface area contributed by atoms with Gasteiger partial charge in [-0.05, 0) is 30.5 Å². The second kappa shape index (κ2) is 11.0. The van der Waals surface area contributed by atoms with Gasteiger partial charge in [0.2, 0.25) is 6.79 Å². The van der Waals surface area contributed by atoms with Crippen LogP contribution in [0.15, 0.2) is 29.5 Å². The number of halogens is 1. The van der Waals surface area contributed by atoms with Gasteiger partial charge >= 0.3 is 0 Å². The molecule has 2 N–H and O–H groups in total. The maximum Gasteiger partial charge on any atom is 0.231 e. The Morgan fingerprint density at radius 3 is 2.74 bits per heavy atom. The zero-order valence-electron chi connectivity index (χ0n) is 18.4. The van der Waals surface area contributed by atoms with E-state index in [0.717, 1.165) is 62.2 Å². The maximum absolute atomic E-state index is 5.64. The van der Waals surface area contributed by atoms with Crippen molar-refractivity contribution in [3.05, 3.63) is 35.9 Å². The molecule has 0 atom stereocenters. The molecule has 1 saturated carbocycles. The summed E-state index contributed by atoms with van der Waals surface area (Å²) in [4.78, 5) is 4.43. The molecule has 0 radical (unpaired) electrons. The average molecular weight is 540 g/mol. The van der Waals surface area contributed by atoms with E-state index in [-0.39, 0.29) is 29.4 Å². The van der Waals surface area contributed by atoms with E-state index < -0.39 is 0 Å². The largest absolute Gasteiger partial charge is 0.454 e. The van der Waals surface area contributed by atoms with Crippen molar-refractivity contribution in [1.29, 1.82) is 0 Å². The summed E-state index contributed by atoms with van der Waals surface area (Å²) in [7, 11) is 1.82. The molecule has 0 bridgehead atoms. The van der Waals surface area contributed by atoms with Crippen molar-refractivity contribution in [2.45, 2.75) is 57.4 Å². The highest BCUT2D eigenvalue weighted by Gasteiger charge is 2.35. The number of hydrogen-bond donors (Lipinski definition) is 2. The predicted molar refractivity (Wildman–Crippen MR) is 132 cm³/mol. The minimum Gasteiger partial charge on any atom is -0.454 e. The first-order valence-electron chi connectivity index (χ1n) is 11.0. The molecule has 9 heteroatoms. The Morgan fingerprint density at radius 1 is 1.16 bits per heavy atom. The summed E-state index contributed by atoms with van der Waals surface area (Å²) >= 11 is 0. The lowest BCUT2D eigenvalue weighted by atomic mass is 9.69. The minimum atomic E-state index is 0. The summed E-state index contributed by atoms with van der Waals surface area (Å²) in [6, 6.07) is 6.42. The topological polar surface area (TPSA) is 85.6 Å². The number of aryl methyl sites for hydroxylation is 1. The Bertz CT molecular complexity index is 879. The average Bonchev–Trinajstić information content (AvgIpc) is 3.45. The molecule has 31 heavy (non-hydrogen) atoms. The van der Waals surface area contributed by atoms with Crippen molar-refractivity contribution in [3.8, 4) is 11.5 Å². The molecule has 1 fully saturated rings. The van der Waals surface area contributed by atoms with Crippen LogP contribution < -0.4 is 20.1 Å². The van der Waals surface area contributed by atoms with Gasteiger partial charge in [0, 0.05) is 38.5 Å². The monoisotopic (exact) mass is 540 g/mol. The first-order chi connectivity index (χ1) is 14.7. The van der Waals surface area contributed by atoms with E-state index in [9.17, 15) is 0 Å². The van der Waals surface area contributed by atoms with Gasteiger partial charge in [-0.3, -0.25) is 4.99 Å². The van der Waals surface area contributed by atoms with Crippen LogP contribution in [-0.4, -0.2) is 47.7 Å². The highest BCUT2D eigenvalue weighted by molar-refractivity contribution is 14.0. The Morgan fingerprint density at radius 2 is 1.97 bits per heavy atom. The summed E-state index contributed by atoms with van der Waals surface area (Å²) in [5, 5.41) is 15.1. The van der Waals surface area contributed by atoms with Crippen LogP contribution >= 0.6 is 24.0 Å². The molecule has 4 rings (SSSR count). The molecule has 1 aromatic carbocycles. The number of aliphatic imine (C=N–C) groups is 1. The number of fused-ring (bicyclic) bond motifs is 1. The number of nitrogens with one attached hydrogen (secondary N) is 2. The molecule has 2 aromatic rings. The molecule has 170 valence electrons. The normalized spacial score (nSPS) is 17.2. The van der Waals surface area contributed by atoms with E-state index in [1.54, 1.807) is 6.33 Å².